The first-order valence-electron chi connectivity index (χ1n) is 7.22. The van der Waals surface area contributed by atoms with Gasteiger partial charge in [-0.2, -0.15) is 0 Å². The molecule has 0 unspecified atom stereocenters. The van der Waals surface area contributed by atoms with Crippen LogP contribution in [0.1, 0.15) is 12.7 Å². The van der Waals surface area contributed by atoms with Crippen LogP contribution in [-0.4, -0.2) is 39.0 Å². The highest BCUT2D eigenvalue weighted by Crippen LogP contribution is 2.21. The van der Waals surface area contributed by atoms with E-state index in [-0.39, 0.29) is 24.1 Å². The number of esters is 1. The SMILES string of the molecule is CCOC(=O)Cc1nnc(SCC(=O)Nc2ccccc2Cl)n1C. The van der Waals surface area contributed by atoms with E-state index >= 15 is 0 Å². The summed E-state index contributed by atoms with van der Waals surface area (Å²) in [7, 11) is 1.74. The quantitative estimate of drug-likeness (QED) is 0.596. The van der Waals surface area contributed by atoms with Crippen LogP contribution in [0.15, 0.2) is 29.4 Å². The number of para-hydroxylation sites is 1. The molecular weight excluding hydrogens is 352 g/mol. The number of amides is 1. The normalized spacial score (nSPS) is 10.5. The first-order valence-corrected chi connectivity index (χ1v) is 8.58. The van der Waals surface area contributed by atoms with E-state index in [0.29, 0.717) is 28.3 Å². The lowest BCUT2D eigenvalue weighted by atomic mass is 10.3. The molecule has 0 fully saturated rings. The summed E-state index contributed by atoms with van der Waals surface area (Å²) in [6.07, 6.45) is 0.0454. The van der Waals surface area contributed by atoms with Gasteiger partial charge in [0.15, 0.2) is 5.16 Å². The van der Waals surface area contributed by atoms with E-state index in [9.17, 15) is 9.59 Å². The van der Waals surface area contributed by atoms with Crippen LogP contribution >= 0.6 is 23.4 Å². The minimum absolute atomic E-state index is 0.0454. The molecule has 0 bridgehead atoms. The Morgan fingerprint density at radius 3 is 2.79 bits per heavy atom. The van der Waals surface area contributed by atoms with Crippen molar-refractivity contribution in [1.82, 2.24) is 14.8 Å². The van der Waals surface area contributed by atoms with E-state index in [1.54, 1.807) is 42.8 Å². The zero-order valence-electron chi connectivity index (χ0n) is 13.3. The van der Waals surface area contributed by atoms with Crippen LogP contribution in [0.4, 0.5) is 5.69 Å². The van der Waals surface area contributed by atoms with Crippen molar-refractivity contribution in [2.75, 3.05) is 17.7 Å². The fraction of sp³-hybridized carbons (Fsp3) is 0.333. The number of thioether (sulfide) groups is 1. The molecule has 1 amide bonds. The second-order valence-electron chi connectivity index (χ2n) is 4.76. The summed E-state index contributed by atoms with van der Waals surface area (Å²) >= 11 is 7.22. The standard InChI is InChI=1S/C15H17ClN4O3S/c1-3-23-14(22)8-12-18-19-15(20(12)2)24-9-13(21)17-11-7-5-4-6-10(11)16/h4-7H,3,8-9H2,1-2H3,(H,17,21). The number of carbonyl (C=O) groups is 2. The van der Waals surface area contributed by atoms with Crippen LogP contribution in [-0.2, 0) is 27.8 Å². The number of benzene rings is 1. The topological polar surface area (TPSA) is 86.1 Å². The lowest BCUT2D eigenvalue weighted by Crippen LogP contribution is -2.15. The average molecular weight is 369 g/mol. The Labute approximate surface area is 148 Å². The summed E-state index contributed by atoms with van der Waals surface area (Å²) in [4.78, 5) is 23.5. The van der Waals surface area contributed by atoms with Gasteiger partial charge < -0.3 is 14.6 Å². The maximum absolute atomic E-state index is 12.0. The minimum atomic E-state index is -0.360. The molecule has 0 saturated heterocycles. The lowest BCUT2D eigenvalue weighted by molar-refractivity contribution is -0.142. The fourth-order valence-corrected chi connectivity index (χ4v) is 2.76. The maximum atomic E-state index is 12.0. The number of nitrogens with one attached hydrogen (secondary N) is 1. The summed E-state index contributed by atoms with van der Waals surface area (Å²) < 4.78 is 6.55. The molecule has 1 heterocycles. The van der Waals surface area contributed by atoms with Gasteiger partial charge >= 0.3 is 5.97 Å². The monoisotopic (exact) mass is 368 g/mol. The van der Waals surface area contributed by atoms with Gasteiger partial charge in [-0.1, -0.05) is 35.5 Å². The zero-order valence-corrected chi connectivity index (χ0v) is 14.9. The molecule has 1 aromatic heterocycles. The highest BCUT2D eigenvalue weighted by molar-refractivity contribution is 7.99. The van der Waals surface area contributed by atoms with Gasteiger partial charge in [0.2, 0.25) is 5.91 Å². The Balaban J connectivity index is 1.90. The number of rotatable bonds is 7. The molecule has 1 aromatic carbocycles. The molecular formula is C15H17ClN4O3S. The third-order valence-electron chi connectivity index (χ3n) is 3.01. The Morgan fingerprint density at radius 2 is 2.08 bits per heavy atom. The average Bonchev–Trinajstić information content (AvgIpc) is 2.88. The Morgan fingerprint density at radius 1 is 1.33 bits per heavy atom. The van der Waals surface area contributed by atoms with Crippen LogP contribution in [0, 0.1) is 0 Å². The Hall–Kier alpha value is -2.06. The van der Waals surface area contributed by atoms with E-state index in [4.69, 9.17) is 16.3 Å². The molecule has 0 aliphatic rings. The number of carbonyl (C=O) groups excluding carboxylic acids is 2. The van der Waals surface area contributed by atoms with Gasteiger partial charge in [-0.05, 0) is 19.1 Å². The molecule has 0 spiro atoms. The third kappa shape index (κ3) is 4.97. The zero-order chi connectivity index (χ0) is 17.5. The van der Waals surface area contributed by atoms with E-state index in [1.165, 1.54) is 11.8 Å². The number of hydrogen-bond acceptors (Lipinski definition) is 6. The van der Waals surface area contributed by atoms with E-state index < -0.39 is 0 Å². The van der Waals surface area contributed by atoms with Crippen molar-refractivity contribution in [1.29, 1.82) is 0 Å². The molecule has 24 heavy (non-hydrogen) atoms. The van der Waals surface area contributed by atoms with Gasteiger partial charge in [0, 0.05) is 7.05 Å². The van der Waals surface area contributed by atoms with E-state index in [0.717, 1.165) is 0 Å². The van der Waals surface area contributed by atoms with Gasteiger partial charge in [-0.25, -0.2) is 0 Å². The van der Waals surface area contributed by atoms with Gasteiger partial charge in [-0.3, -0.25) is 9.59 Å². The van der Waals surface area contributed by atoms with Crippen molar-refractivity contribution in [2.45, 2.75) is 18.5 Å². The van der Waals surface area contributed by atoms with Crippen molar-refractivity contribution >= 4 is 40.9 Å². The number of halogens is 1. The predicted molar refractivity (Wildman–Crippen MR) is 92.1 cm³/mol. The number of nitrogens with zero attached hydrogens (tertiary/aromatic N) is 3. The first kappa shape index (κ1) is 18.3. The largest absolute Gasteiger partial charge is 0.466 e. The second-order valence-corrected chi connectivity index (χ2v) is 6.11. The van der Waals surface area contributed by atoms with Gasteiger partial charge in [0.1, 0.15) is 12.2 Å². The molecule has 0 saturated carbocycles. The molecule has 2 rings (SSSR count). The van der Waals surface area contributed by atoms with Crippen LogP contribution in [0.3, 0.4) is 0 Å². The van der Waals surface area contributed by atoms with E-state index in [1.807, 2.05) is 0 Å². The fourth-order valence-electron chi connectivity index (χ4n) is 1.84. The molecule has 0 aliphatic heterocycles. The first-order chi connectivity index (χ1) is 11.5. The van der Waals surface area contributed by atoms with Crippen LogP contribution in [0.5, 0.6) is 0 Å². The Bertz CT molecular complexity index is 735. The van der Waals surface area contributed by atoms with Crippen molar-refractivity contribution in [3.8, 4) is 0 Å². The molecule has 0 atom stereocenters. The molecule has 0 aliphatic carbocycles. The highest BCUT2D eigenvalue weighted by Gasteiger charge is 2.15. The molecule has 0 radical (unpaired) electrons. The third-order valence-corrected chi connectivity index (χ3v) is 4.36. The highest BCUT2D eigenvalue weighted by atomic mass is 35.5. The number of hydrogen-bond donors (Lipinski definition) is 1. The number of ether oxygens (including phenoxy) is 1. The van der Waals surface area contributed by atoms with Crippen LogP contribution in [0.25, 0.3) is 0 Å². The van der Waals surface area contributed by atoms with E-state index in [2.05, 4.69) is 15.5 Å². The smallest absolute Gasteiger partial charge is 0.313 e. The Kier molecular flexibility index (Phi) is 6.62. The molecule has 7 nitrogen and oxygen atoms in total. The number of aromatic nitrogens is 3. The van der Waals surface area contributed by atoms with Crippen molar-refractivity contribution in [3.05, 3.63) is 35.1 Å². The summed E-state index contributed by atoms with van der Waals surface area (Å²) in [5.74, 6) is 0.0721. The van der Waals surface area contributed by atoms with Gasteiger partial charge in [0.05, 0.1) is 23.1 Å². The maximum Gasteiger partial charge on any atom is 0.313 e. The molecule has 128 valence electrons. The summed E-state index contributed by atoms with van der Waals surface area (Å²) in [5.41, 5.74) is 0.561. The summed E-state index contributed by atoms with van der Waals surface area (Å²) in [5, 5.41) is 11.7. The lowest BCUT2D eigenvalue weighted by Gasteiger charge is -2.07. The minimum Gasteiger partial charge on any atom is -0.466 e. The van der Waals surface area contributed by atoms with Crippen molar-refractivity contribution in [2.24, 2.45) is 7.05 Å². The predicted octanol–water partition coefficient (Wildman–Crippen LogP) is 2.30. The van der Waals surface area contributed by atoms with Crippen molar-refractivity contribution < 1.29 is 14.3 Å². The molecule has 9 heteroatoms. The van der Waals surface area contributed by atoms with Crippen LogP contribution in [0.2, 0.25) is 5.02 Å². The van der Waals surface area contributed by atoms with Gasteiger partial charge in [-0.15, -0.1) is 10.2 Å². The number of anilines is 1. The summed E-state index contributed by atoms with van der Waals surface area (Å²) in [6, 6.07) is 7.01. The second kappa shape index (κ2) is 8.70. The molecule has 1 N–H and O–H groups in total. The summed E-state index contributed by atoms with van der Waals surface area (Å²) in [6.45, 7) is 2.06. The molecule has 2 aromatic rings. The van der Waals surface area contributed by atoms with Crippen molar-refractivity contribution in [3.63, 3.8) is 0 Å². The van der Waals surface area contributed by atoms with Gasteiger partial charge in [0.25, 0.3) is 0 Å². The van der Waals surface area contributed by atoms with Crippen LogP contribution < -0.4 is 5.32 Å².